The highest BCUT2D eigenvalue weighted by Crippen LogP contribution is 2.23. The van der Waals surface area contributed by atoms with Crippen molar-refractivity contribution in [1.29, 1.82) is 0 Å². The number of pyridine rings is 1. The fraction of sp³-hybridized carbons (Fsp3) is 0.273. The van der Waals surface area contributed by atoms with Crippen LogP contribution >= 0.6 is 0 Å². The predicted octanol–water partition coefficient (Wildman–Crippen LogP) is 1.16. The van der Waals surface area contributed by atoms with E-state index >= 15 is 0 Å². The summed E-state index contributed by atoms with van der Waals surface area (Å²) in [6.07, 6.45) is 0. The SMILES string of the molecule is COc1nc(Nc2cc(OC)n(C)n2)ccc1N. The van der Waals surface area contributed by atoms with Gasteiger partial charge in [0.2, 0.25) is 11.8 Å². The molecule has 0 atom stereocenters. The molecule has 0 amide bonds. The van der Waals surface area contributed by atoms with Gasteiger partial charge in [0.25, 0.3) is 0 Å². The Kier molecular flexibility index (Phi) is 3.22. The molecular weight excluding hydrogens is 234 g/mol. The molecule has 0 aliphatic rings. The molecule has 0 aliphatic heterocycles. The molecule has 2 aromatic rings. The Morgan fingerprint density at radius 3 is 2.61 bits per heavy atom. The molecule has 0 bridgehead atoms. The predicted molar refractivity (Wildman–Crippen MR) is 68.2 cm³/mol. The molecule has 0 radical (unpaired) electrons. The second-order valence-corrected chi connectivity index (χ2v) is 3.62. The van der Waals surface area contributed by atoms with Gasteiger partial charge in [0.15, 0.2) is 5.82 Å². The fourth-order valence-corrected chi connectivity index (χ4v) is 1.52. The molecule has 0 unspecified atom stereocenters. The molecule has 3 N–H and O–H groups in total. The number of nitrogens with two attached hydrogens (primary N) is 1. The number of aryl methyl sites for hydroxylation is 1. The van der Waals surface area contributed by atoms with Gasteiger partial charge in [-0.25, -0.2) is 4.68 Å². The number of hydrogen-bond acceptors (Lipinski definition) is 6. The minimum absolute atomic E-state index is 0.378. The number of methoxy groups -OCH3 is 2. The van der Waals surface area contributed by atoms with E-state index in [-0.39, 0.29) is 0 Å². The van der Waals surface area contributed by atoms with Gasteiger partial charge in [0, 0.05) is 13.1 Å². The average molecular weight is 249 g/mol. The molecule has 0 fully saturated rings. The van der Waals surface area contributed by atoms with Gasteiger partial charge < -0.3 is 20.5 Å². The summed E-state index contributed by atoms with van der Waals surface area (Å²) in [5.74, 6) is 2.26. The normalized spacial score (nSPS) is 10.2. The molecule has 0 spiro atoms. The summed E-state index contributed by atoms with van der Waals surface area (Å²) in [5.41, 5.74) is 6.18. The minimum atomic E-state index is 0.378. The number of nitrogen functional groups attached to an aromatic ring is 1. The standard InChI is InChI=1S/C11H15N5O2/c1-16-10(17-2)6-9(15-16)13-8-5-4-7(12)11(14-8)18-3/h4-6H,12H2,1-3H3,(H,13,14,15). The van der Waals surface area contributed by atoms with E-state index in [0.717, 1.165) is 0 Å². The smallest absolute Gasteiger partial charge is 0.238 e. The van der Waals surface area contributed by atoms with Crippen LogP contribution in [0.25, 0.3) is 0 Å². The highest BCUT2D eigenvalue weighted by molar-refractivity contribution is 5.58. The van der Waals surface area contributed by atoms with Crippen molar-refractivity contribution in [2.24, 2.45) is 7.05 Å². The molecular formula is C11H15N5O2. The summed E-state index contributed by atoms with van der Waals surface area (Å²) in [6, 6.07) is 5.23. The molecule has 18 heavy (non-hydrogen) atoms. The zero-order valence-electron chi connectivity index (χ0n) is 10.5. The van der Waals surface area contributed by atoms with Crippen molar-refractivity contribution in [3.05, 3.63) is 18.2 Å². The van der Waals surface area contributed by atoms with Crippen LogP contribution < -0.4 is 20.5 Å². The number of rotatable bonds is 4. The summed E-state index contributed by atoms with van der Waals surface area (Å²) in [6.45, 7) is 0. The molecule has 2 rings (SSSR count). The van der Waals surface area contributed by atoms with Crippen molar-refractivity contribution in [2.75, 3.05) is 25.3 Å². The molecule has 0 aliphatic carbocycles. The van der Waals surface area contributed by atoms with E-state index in [1.54, 1.807) is 37.0 Å². The molecule has 2 aromatic heterocycles. The maximum absolute atomic E-state index is 5.69. The fourth-order valence-electron chi connectivity index (χ4n) is 1.52. The summed E-state index contributed by atoms with van der Waals surface area (Å²) in [5, 5.41) is 7.27. The second kappa shape index (κ2) is 4.82. The van der Waals surface area contributed by atoms with Gasteiger partial charge in [-0.1, -0.05) is 0 Å². The summed E-state index contributed by atoms with van der Waals surface area (Å²) in [7, 11) is 4.90. The van der Waals surface area contributed by atoms with Crippen LogP contribution in [0, 0.1) is 0 Å². The van der Waals surface area contributed by atoms with Crippen LogP contribution in [0.4, 0.5) is 17.3 Å². The van der Waals surface area contributed by atoms with Gasteiger partial charge in [-0.2, -0.15) is 10.1 Å². The van der Waals surface area contributed by atoms with Gasteiger partial charge in [0.1, 0.15) is 5.82 Å². The molecule has 96 valence electrons. The summed E-state index contributed by atoms with van der Waals surface area (Å²) < 4.78 is 11.8. The first-order chi connectivity index (χ1) is 8.63. The van der Waals surface area contributed by atoms with Gasteiger partial charge in [-0.3, -0.25) is 0 Å². The number of nitrogens with zero attached hydrogens (tertiary/aromatic N) is 3. The van der Waals surface area contributed by atoms with Crippen molar-refractivity contribution in [2.45, 2.75) is 0 Å². The number of ether oxygens (including phenoxy) is 2. The van der Waals surface area contributed by atoms with E-state index in [9.17, 15) is 0 Å². The molecule has 0 saturated carbocycles. The van der Waals surface area contributed by atoms with Crippen LogP contribution in [0.1, 0.15) is 0 Å². The molecule has 7 heteroatoms. The summed E-state index contributed by atoms with van der Waals surface area (Å²) >= 11 is 0. The lowest BCUT2D eigenvalue weighted by Crippen LogP contribution is -2.00. The first-order valence-corrected chi connectivity index (χ1v) is 5.29. The maximum Gasteiger partial charge on any atom is 0.238 e. The van der Waals surface area contributed by atoms with E-state index < -0.39 is 0 Å². The Labute approximate surface area is 105 Å². The lowest BCUT2D eigenvalue weighted by molar-refractivity contribution is 0.373. The van der Waals surface area contributed by atoms with Crippen molar-refractivity contribution in [3.8, 4) is 11.8 Å². The molecule has 7 nitrogen and oxygen atoms in total. The Hall–Kier alpha value is -2.44. The highest BCUT2D eigenvalue weighted by atomic mass is 16.5. The first-order valence-electron chi connectivity index (χ1n) is 5.29. The average Bonchev–Trinajstić information content (AvgIpc) is 2.72. The minimum Gasteiger partial charge on any atom is -0.481 e. The zero-order chi connectivity index (χ0) is 13.1. The van der Waals surface area contributed by atoms with Crippen molar-refractivity contribution >= 4 is 17.3 Å². The van der Waals surface area contributed by atoms with Crippen LogP contribution in [0.2, 0.25) is 0 Å². The van der Waals surface area contributed by atoms with E-state index in [1.807, 2.05) is 0 Å². The third kappa shape index (κ3) is 2.29. The lowest BCUT2D eigenvalue weighted by atomic mass is 10.4. The van der Waals surface area contributed by atoms with Crippen molar-refractivity contribution in [3.63, 3.8) is 0 Å². The zero-order valence-corrected chi connectivity index (χ0v) is 10.5. The number of anilines is 3. The molecule has 0 aromatic carbocycles. The van der Waals surface area contributed by atoms with Crippen molar-refractivity contribution in [1.82, 2.24) is 14.8 Å². The van der Waals surface area contributed by atoms with E-state index in [4.69, 9.17) is 15.2 Å². The van der Waals surface area contributed by atoms with Crippen LogP contribution in [0.3, 0.4) is 0 Å². The van der Waals surface area contributed by atoms with Crippen molar-refractivity contribution < 1.29 is 9.47 Å². The van der Waals surface area contributed by atoms with Gasteiger partial charge in [-0.05, 0) is 12.1 Å². The highest BCUT2D eigenvalue weighted by Gasteiger charge is 2.07. The largest absolute Gasteiger partial charge is 0.481 e. The number of hydrogen-bond donors (Lipinski definition) is 2. The third-order valence-corrected chi connectivity index (χ3v) is 2.39. The summed E-state index contributed by atoms with van der Waals surface area (Å²) in [4.78, 5) is 4.20. The number of aromatic nitrogens is 3. The second-order valence-electron chi connectivity index (χ2n) is 3.62. The van der Waals surface area contributed by atoms with Crippen LogP contribution in [0.5, 0.6) is 11.8 Å². The van der Waals surface area contributed by atoms with Gasteiger partial charge >= 0.3 is 0 Å². The van der Waals surface area contributed by atoms with Crippen LogP contribution in [0.15, 0.2) is 18.2 Å². The number of nitrogens with one attached hydrogen (secondary N) is 1. The van der Waals surface area contributed by atoms with Crippen LogP contribution in [-0.2, 0) is 7.05 Å². The van der Waals surface area contributed by atoms with E-state index in [1.165, 1.54) is 7.11 Å². The Bertz CT molecular complexity index is 552. The lowest BCUT2D eigenvalue weighted by Gasteiger charge is -2.06. The van der Waals surface area contributed by atoms with E-state index in [2.05, 4.69) is 15.4 Å². The van der Waals surface area contributed by atoms with Gasteiger partial charge in [-0.15, -0.1) is 0 Å². The monoisotopic (exact) mass is 249 g/mol. The van der Waals surface area contributed by atoms with E-state index in [0.29, 0.717) is 29.1 Å². The molecule has 0 saturated heterocycles. The third-order valence-electron chi connectivity index (χ3n) is 2.39. The maximum atomic E-state index is 5.69. The quantitative estimate of drug-likeness (QED) is 0.845. The Morgan fingerprint density at radius 1 is 1.22 bits per heavy atom. The molecule has 2 heterocycles. The first kappa shape index (κ1) is 12.0. The van der Waals surface area contributed by atoms with Gasteiger partial charge in [0.05, 0.1) is 19.9 Å². The van der Waals surface area contributed by atoms with Crippen LogP contribution in [-0.4, -0.2) is 29.0 Å². The Morgan fingerprint density at radius 2 is 2.00 bits per heavy atom. The topological polar surface area (TPSA) is 87.2 Å². The Balaban J connectivity index is 2.22.